The number of piperidine rings is 2. The molecule has 4 atom stereocenters. The summed E-state index contributed by atoms with van der Waals surface area (Å²) < 4.78 is 25.9. The number of carbonyl (C=O) groups is 2. The lowest BCUT2D eigenvalue weighted by molar-refractivity contribution is -0.0440. The summed E-state index contributed by atoms with van der Waals surface area (Å²) in [6, 6.07) is 21.1. The SMILES string of the molecule is CC(C)(C)OC(=O)N1C2CNCC1C2.COc1ccc(Cn2ccc(Br)n2)cc1.COc1ccc(Cn2ccc(N3CC4CC(C3)N4C(=O)OC(C)(C)C)n2)cc1. The maximum absolute atomic E-state index is 12.4. The first-order chi connectivity index (χ1) is 27.1. The van der Waals surface area contributed by atoms with Crippen LogP contribution in [0, 0.1) is 0 Å². The Kier molecular flexibility index (Phi) is 13.1. The van der Waals surface area contributed by atoms with E-state index in [4.69, 9.17) is 24.0 Å². The number of piperazine rings is 2. The number of hydrogen-bond donors (Lipinski definition) is 1. The molecule has 8 heterocycles. The quantitative estimate of drug-likeness (QED) is 0.212. The van der Waals surface area contributed by atoms with Crippen LogP contribution in [0.25, 0.3) is 0 Å². The van der Waals surface area contributed by atoms with E-state index in [1.54, 1.807) is 14.2 Å². The van der Waals surface area contributed by atoms with Crippen molar-refractivity contribution in [3.8, 4) is 11.5 Å². The minimum absolute atomic E-state index is 0.153. The van der Waals surface area contributed by atoms with E-state index in [0.29, 0.717) is 18.6 Å². The van der Waals surface area contributed by atoms with E-state index < -0.39 is 5.60 Å². The zero-order valence-electron chi connectivity index (χ0n) is 34.4. The van der Waals surface area contributed by atoms with Gasteiger partial charge in [-0.15, -0.1) is 0 Å². The van der Waals surface area contributed by atoms with Crippen LogP contribution in [0.3, 0.4) is 0 Å². The first-order valence-corrected chi connectivity index (χ1v) is 20.3. The Labute approximate surface area is 344 Å². The molecule has 4 bridgehead atoms. The molecule has 1 N–H and O–H groups in total. The normalized spacial score (nSPS) is 20.8. The zero-order valence-corrected chi connectivity index (χ0v) is 35.9. The van der Waals surface area contributed by atoms with Crippen LogP contribution in [0.15, 0.2) is 77.7 Å². The van der Waals surface area contributed by atoms with Crippen molar-refractivity contribution in [2.24, 2.45) is 0 Å². The van der Waals surface area contributed by atoms with Gasteiger partial charge in [0.2, 0.25) is 0 Å². The fraction of sp³-hybridized carbons (Fsp3) is 0.524. The van der Waals surface area contributed by atoms with Crippen LogP contribution in [0.2, 0.25) is 0 Å². The topological polar surface area (TPSA) is 128 Å². The van der Waals surface area contributed by atoms with E-state index >= 15 is 0 Å². The average Bonchev–Trinajstić information content (AvgIpc) is 3.80. The summed E-state index contributed by atoms with van der Waals surface area (Å²) in [6.45, 7) is 16.3. The predicted octanol–water partition coefficient (Wildman–Crippen LogP) is 6.81. The number of benzene rings is 2. The molecule has 6 saturated heterocycles. The molecule has 6 fully saturated rings. The molecule has 0 radical (unpaired) electrons. The molecule has 2 aromatic heterocycles. The molecule has 6 aliphatic heterocycles. The highest BCUT2D eigenvalue weighted by Crippen LogP contribution is 2.35. The Morgan fingerprint density at radius 3 is 1.53 bits per heavy atom. The summed E-state index contributed by atoms with van der Waals surface area (Å²) in [5.41, 5.74) is 1.54. The molecular weight excluding hydrogens is 792 g/mol. The third-order valence-electron chi connectivity index (χ3n) is 10.1. The van der Waals surface area contributed by atoms with Crippen molar-refractivity contribution in [1.82, 2.24) is 34.7 Å². The van der Waals surface area contributed by atoms with E-state index in [-0.39, 0.29) is 29.9 Å². The summed E-state index contributed by atoms with van der Waals surface area (Å²) in [4.78, 5) is 30.2. The summed E-state index contributed by atoms with van der Waals surface area (Å²) in [5, 5.41) is 12.3. The van der Waals surface area contributed by atoms with Crippen LogP contribution in [0.1, 0.15) is 65.5 Å². The maximum atomic E-state index is 12.4. The van der Waals surface area contributed by atoms with Gasteiger partial charge in [-0.25, -0.2) is 9.59 Å². The number of hydrogen-bond acceptors (Lipinski definition) is 10. The molecule has 2 amide bonds. The lowest BCUT2D eigenvalue weighted by Gasteiger charge is -2.55. The van der Waals surface area contributed by atoms with Crippen molar-refractivity contribution in [3.63, 3.8) is 0 Å². The number of nitrogens with zero attached hydrogens (tertiary/aromatic N) is 7. The Morgan fingerprint density at radius 2 is 1.11 bits per heavy atom. The van der Waals surface area contributed by atoms with Gasteiger partial charge in [0.1, 0.15) is 27.3 Å². The molecular formula is C42H57BrN8O6. The monoisotopic (exact) mass is 848 g/mol. The standard InChI is InChI=1S/C21H28N4O3.C11H11BrN2O.C10H18N2O2/c1-21(2,3)28-20(26)25-16-11-17(25)14-23(13-16)19-9-10-24(22-19)12-15-5-7-18(27-4)8-6-15;1-15-10-4-2-9(3-5-10)8-14-7-6-11(12)13-14;1-10(2,3)14-9(13)12-7-4-8(12)6-11-5-7/h5-10,16-17H,11-14H2,1-4H3;2-7H,8H2,1H3;7-8,11H,4-6H2,1-3H3. The molecule has 2 aromatic carbocycles. The highest BCUT2D eigenvalue weighted by atomic mass is 79.9. The van der Waals surface area contributed by atoms with Gasteiger partial charge >= 0.3 is 12.2 Å². The van der Waals surface area contributed by atoms with Crippen molar-refractivity contribution >= 4 is 33.9 Å². The number of carbonyl (C=O) groups excluding carboxylic acids is 2. The van der Waals surface area contributed by atoms with Crippen LogP contribution in [0.5, 0.6) is 11.5 Å². The molecule has 57 heavy (non-hydrogen) atoms. The fourth-order valence-corrected chi connectivity index (χ4v) is 7.69. The van der Waals surface area contributed by atoms with E-state index in [9.17, 15) is 9.59 Å². The number of methoxy groups -OCH3 is 2. The Morgan fingerprint density at radius 1 is 0.667 bits per heavy atom. The third-order valence-corrected chi connectivity index (χ3v) is 10.5. The van der Waals surface area contributed by atoms with Crippen molar-refractivity contribution in [3.05, 3.63) is 88.8 Å². The van der Waals surface area contributed by atoms with Gasteiger partial charge in [0.25, 0.3) is 0 Å². The van der Waals surface area contributed by atoms with E-state index in [1.807, 2.05) is 122 Å². The van der Waals surface area contributed by atoms with E-state index in [0.717, 1.165) is 67.5 Å². The summed E-state index contributed by atoms with van der Waals surface area (Å²) >= 11 is 3.32. The largest absolute Gasteiger partial charge is 0.497 e. The number of fused-ring (bicyclic) bond motifs is 4. The number of amides is 2. The second-order valence-corrected chi connectivity index (χ2v) is 17.6. The summed E-state index contributed by atoms with van der Waals surface area (Å²) in [6.07, 6.45) is 5.77. The summed E-state index contributed by atoms with van der Waals surface area (Å²) in [7, 11) is 3.33. The Balaban J connectivity index is 0.000000159. The van der Waals surface area contributed by atoms with Gasteiger partial charge in [-0.2, -0.15) is 10.2 Å². The number of halogens is 1. The minimum Gasteiger partial charge on any atom is -0.497 e. The van der Waals surface area contributed by atoms with E-state index in [2.05, 4.69) is 43.4 Å². The minimum atomic E-state index is -0.457. The second kappa shape index (κ2) is 17.8. The van der Waals surface area contributed by atoms with Crippen LogP contribution in [0.4, 0.5) is 15.4 Å². The first-order valence-electron chi connectivity index (χ1n) is 19.5. The van der Waals surface area contributed by atoms with Gasteiger partial charge in [0, 0.05) is 56.7 Å². The molecule has 0 aliphatic carbocycles. The molecule has 4 unspecified atom stereocenters. The fourth-order valence-electron chi connectivity index (χ4n) is 7.37. The molecule has 6 aliphatic rings. The zero-order chi connectivity index (χ0) is 40.9. The lowest BCUT2D eigenvalue weighted by Crippen LogP contribution is -2.70. The van der Waals surface area contributed by atoms with Crippen LogP contribution in [-0.2, 0) is 22.6 Å². The molecule has 15 heteroatoms. The van der Waals surface area contributed by atoms with Gasteiger partial charge in [0.15, 0.2) is 5.82 Å². The predicted molar refractivity (Wildman–Crippen MR) is 222 cm³/mol. The summed E-state index contributed by atoms with van der Waals surface area (Å²) in [5.74, 6) is 2.69. The average molecular weight is 850 g/mol. The Hall–Kier alpha value is -4.76. The van der Waals surface area contributed by atoms with Crippen LogP contribution < -0.4 is 19.7 Å². The van der Waals surface area contributed by atoms with Crippen molar-refractivity contribution in [2.45, 2.75) is 103 Å². The molecule has 10 rings (SSSR count). The van der Waals surface area contributed by atoms with Crippen molar-refractivity contribution in [2.75, 3.05) is 45.3 Å². The Bertz CT molecular complexity index is 1910. The number of nitrogens with one attached hydrogen (secondary N) is 1. The number of aromatic nitrogens is 4. The second-order valence-electron chi connectivity index (χ2n) is 16.8. The number of ether oxygens (including phenoxy) is 4. The van der Waals surface area contributed by atoms with Gasteiger partial charge in [0.05, 0.1) is 39.4 Å². The van der Waals surface area contributed by atoms with Gasteiger partial charge in [-0.1, -0.05) is 24.3 Å². The number of anilines is 1. The van der Waals surface area contributed by atoms with Gasteiger partial charge in [-0.3, -0.25) is 19.2 Å². The molecule has 0 saturated carbocycles. The molecule has 4 aromatic rings. The van der Waals surface area contributed by atoms with Crippen molar-refractivity contribution < 1.29 is 28.5 Å². The number of rotatable bonds is 7. The smallest absolute Gasteiger partial charge is 0.410 e. The van der Waals surface area contributed by atoms with Gasteiger partial charge < -0.3 is 29.2 Å². The molecule has 14 nitrogen and oxygen atoms in total. The van der Waals surface area contributed by atoms with E-state index in [1.165, 1.54) is 11.1 Å². The lowest BCUT2D eigenvalue weighted by atomic mass is 9.88. The molecule has 0 spiro atoms. The first kappa shape index (κ1) is 41.9. The maximum Gasteiger partial charge on any atom is 0.410 e. The molecule has 308 valence electrons. The van der Waals surface area contributed by atoms with Gasteiger partial charge in [-0.05, 0) is 112 Å². The van der Waals surface area contributed by atoms with Crippen LogP contribution in [-0.4, -0.2) is 117 Å². The highest BCUT2D eigenvalue weighted by molar-refractivity contribution is 9.10. The van der Waals surface area contributed by atoms with Crippen LogP contribution >= 0.6 is 15.9 Å². The van der Waals surface area contributed by atoms with Crippen molar-refractivity contribution in [1.29, 1.82) is 0 Å². The third kappa shape index (κ3) is 11.2. The highest BCUT2D eigenvalue weighted by Gasteiger charge is 2.49.